The number of hydrogen-bond acceptors (Lipinski definition) is 3. The lowest BCUT2D eigenvalue weighted by Crippen LogP contribution is -2.38. The summed E-state index contributed by atoms with van der Waals surface area (Å²) in [5.41, 5.74) is 12.3. The molecule has 1 aromatic rings. The van der Waals surface area contributed by atoms with Gasteiger partial charge in [-0.2, -0.15) is 0 Å². The van der Waals surface area contributed by atoms with E-state index in [1.54, 1.807) is 12.1 Å². The summed E-state index contributed by atoms with van der Waals surface area (Å²) in [6.07, 6.45) is 3.43. The minimum absolute atomic E-state index is 0. The van der Waals surface area contributed by atoms with Crippen LogP contribution in [-0.2, 0) is 11.3 Å². The van der Waals surface area contributed by atoms with Gasteiger partial charge in [0.1, 0.15) is 0 Å². The van der Waals surface area contributed by atoms with Crippen molar-refractivity contribution in [1.82, 2.24) is 10.6 Å². The number of carbonyl (C=O) groups excluding carboxylic acids is 2. The van der Waals surface area contributed by atoms with Crippen molar-refractivity contribution in [3.05, 3.63) is 35.4 Å². The van der Waals surface area contributed by atoms with Crippen molar-refractivity contribution in [1.29, 1.82) is 0 Å². The number of nitrogens with two attached hydrogens (primary N) is 2. The van der Waals surface area contributed by atoms with Crippen LogP contribution in [0.1, 0.15) is 56.0 Å². The second-order valence-corrected chi connectivity index (χ2v) is 6.92. The van der Waals surface area contributed by atoms with E-state index in [-0.39, 0.29) is 42.5 Å². The van der Waals surface area contributed by atoms with Gasteiger partial charge in [0.05, 0.1) is 13.1 Å². The Kier molecular flexibility index (Phi) is 12.4. The van der Waals surface area contributed by atoms with Gasteiger partial charge < -0.3 is 22.1 Å². The third kappa shape index (κ3) is 11.5. The third-order valence-electron chi connectivity index (χ3n) is 3.88. The van der Waals surface area contributed by atoms with Gasteiger partial charge in [-0.05, 0) is 37.0 Å². The molecule has 0 heterocycles. The number of nitrogens with zero attached hydrogens (tertiary/aromatic N) is 1. The van der Waals surface area contributed by atoms with E-state index >= 15 is 0 Å². The van der Waals surface area contributed by atoms with Gasteiger partial charge in [-0.25, -0.2) is 4.99 Å². The van der Waals surface area contributed by atoms with Crippen molar-refractivity contribution >= 4 is 41.8 Å². The number of carbonyl (C=O) groups is 2. The second kappa shape index (κ2) is 13.3. The predicted molar refractivity (Wildman–Crippen MR) is 120 cm³/mol. The van der Waals surface area contributed by atoms with Gasteiger partial charge in [0.2, 0.25) is 5.91 Å². The van der Waals surface area contributed by atoms with Gasteiger partial charge >= 0.3 is 0 Å². The maximum atomic E-state index is 11.8. The van der Waals surface area contributed by atoms with Crippen LogP contribution in [-0.4, -0.2) is 30.4 Å². The Morgan fingerprint density at radius 3 is 2.26 bits per heavy atom. The van der Waals surface area contributed by atoms with Crippen LogP contribution in [0.25, 0.3) is 0 Å². The first-order valence-electron chi connectivity index (χ1n) is 8.99. The normalized spacial score (nSPS) is 12.2. The number of benzene rings is 1. The number of primary amides is 1. The van der Waals surface area contributed by atoms with Crippen LogP contribution in [0.5, 0.6) is 0 Å². The molecule has 0 aliphatic heterocycles. The number of nitrogens with one attached hydrogen (secondary N) is 2. The van der Waals surface area contributed by atoms with Crippen molar-refractivity contribution in [2.24, 2.45) is 22.4 Å². The van der Waals surface area contributed by atoms with Crippen molar-refractivity contribution in [3.8, 4) is 0 Å². The van der Waals surface area contributed by atoms with Gasteiger partial charge in [0.15, 0.2) is 5.96 Å². The summed E-state index contributed by atoms with van der Waals surface area (Å²) in [6.45, 7) is 6.80. The van der Waals surface area contributed by atoms with Crippen molar-refractivity contribution in [2.75, 3.05) is 6.54 Å². The molecule has 2 amide bonds. The lowest BCUT2D eigenvalue weighted by atomic mass is 10.0. The molecule has 0 saturated heterocycles. The van der Waals surface area contributed by atoms with Gasteiger partial charge in [0.25, 0.3) is 5.91 Å². The maximum Gasteiger partial charge on any atom is 0.251 e. The summed E-state index contributed by atoms with van der Waals surface area (Å²) >= 11 is 0. The molecular formula is C19H32IN5O2. The maximum absolute atomic E-state index is 11.8. The van der Waals surface area contributed by atoms with Crippen LogP contribution in [0.3, 0.4) is 0 Å². The van der Waals surface area contributed by atoms with E-state index in [1.165, 1.54) is 12.8 Å². The minimum atomic E-state index is -0.578. The Morgan fingerprint density at radius 2 is 1.70 bits per heavy atom. The minimum Gasteiger partial charge on any atom is -0.370 e. The number of amides is 2. The van der Waals surface area contributed by atoms with Crippen molar-refractivity contribution < 1.29 is 9.59 Å². The SMILES string of the molecule is CC(C)CCCC(C)NC(N)=NCc1ccc(C(=O)NCC(N)=O)cc1.I. The fourth-order valence-corrected chi connectivity index (χ4v) is 2.41. The van der Waals surface area contributed by atoms with Crippen LogP contribution in [0.4, 0.5) is 0 Å². The number of rotatable bonds is 10. The highest BCUT2D eigenvalue weighted by Gasteiger charge is 2.07. The van der Waals surface area contributed by atoms with Crippen LogP contribution in [0, 0.1) is 5.92 Å². The predicted octanol–water partition coefficient (Wildman–Crippen LogP) is 2.14. The first-order valence-corrected chi connectivity index (χ1v) is 8.99. The van der Waals surface area contributed by atoms with Gasteiger partial charge in [-0.3, -0.25) is 9.59 Å². The standard InChI is InChI=1S/C19H31N5O2.HI/c1-13(2)5-4-6-14(3)24-19(21)23-11-15-7-9-16(10-8-15)18(26)22-12-17(20)25;/h7-10,13-14H,4-6,11-12H2,1-3H3,(H2,20,25)(H,22,26)(H3,21,23,24);1H. The fraction of sp³-hybridized carbons (Fsp3) is 0.526. The molecule has 1 aromatic carbocycles. The highest BCUT2D eigenvalue weighted by Crippen LogP contribution is 2.08. The molecular weight excluding hydrogens is 457 g/mol. The Balaban J connectivity index is 0.00000676. The Hall–Kier alpha value is -1.84. The number of aliphatic imine (C=N–C) groups is 1. The molecule has 0 spiro atoms. The van der Waals surface area contributed by atoms with Gasteiger partial charge in [-0.15, -0.1) is 24.0 Å². The Labute approximate surface area is 178 Å². The Morgan fingerprint density at radius 1 is 1.07 bits per heavy atom. The average Bonchev–Trinajstić information content (AvgIpc) is 2.58. The molecule has 6 N–H and O–H groups in total. The number of hydrogen-bond donors (Lipinski definition) is 4. The van der Waals surface area contributed by atoms with Crippen molar-refractivity contribution in [3.63, 3.8) is 0 Å². The zero-order valence-corrected chi connectivity index (χ0v) is 18.7. The highest BCUT2D eigenvalue weighted by molar-refractivity contribution is 14.0. The number of halogens is 1. The first kappa shape index (κ1) is 25.2. The van der Waals surface area contributed by atoms with Gasteiger partial charge in [0, 0.05) is 11.6 Å². The van der Waals surface area contributed by atoms with E-state index < -0.39 is 5.91 Å². The monoisotopic (exact) mass is 489 g/mol. The number of guanidine groups is 1. The van der Waals surface area contributed by atoms with Crippen LogP contribution in [0.15, 0.2) is 29.3 Å². The lowest BCUT2D eigenvalue weighted by Gasteiger charge is -2.15. The summed E-state index contributed by atoms with van der Waals surface area (Å²) < 4.78 is 0. The van der Waals surface area contributed by atoms with Crippen molar-refractivity contribution in [2.45, 2.75) is 52.6 Å². The molecule has 0 saturated carbocycles. The molecule has 1 atom stereocenters. The van der Waals surface area contributed by atoms with E-state index in [0.717, 1.165) is 12.0 Å². The smallest absolute Gasteiger partial charge is 0.251 e. The topological polar surface area (TPSA) is 123 Å². The molecule has 8 heteroatoms. The quantitative estimate of drug-likeness (QED) is 0.229. The van der Waals surface area contributed by atoms with Crippen LogP contribution >= 0.6 is 24.0 Å². The zero-order valence-electron chi connectivity index (χ0n) is 16.3. The van der Waals surface area contributed by atoms with E-state index in [1.807, 2.05) is 12.1 Å². The molecule has 0 fully saturated rings. The molecule has 0 aliphatic carbocycles. The molecule has 1 unspecified atom stereocenters. The lowest BCUT2D eigenvalue weighted by molar-refractivity contribution is -0.117. The Bertz CT molecular complexity index is 617. The molecule has 0 radical (unpaired) electrons. The molecule has 152 valence electrons. The summed E-state index contributed by atoms with van der Waals surface area (Å²) in [5, 5.41) is 5.64. The average molecular weight is 489 g/mol. The molecule has 1 rings (SSSR count). The summed E-state index contributed by atoms with van der Waals surface area (Å²) in [5.74, 6) is 0.223. The molecule has 0 aromatic heterocycles. The molecule has 27 heavy (non-hydrogen) atoms. The largest absolute Gasteiger partial charge is 0.370 e. The summed E-state index contributed by atoms with van der Waals surface area (Å²) in [4.78, 5) is 26.8. The second-order valence-electron chi connectivity index (χ2n) is 6.92. The highest BCUT2D eigenvalue weighted by atomic mass is 127. The van der Waals surface area contributed by atoms with E-state index in [4.69, 9.17) is 11.5 Å². The van der Waals surface area contributed by atoms with E-state index in [2.05, 4.69) is 36.4 Å². The molecule has 7 nitrogen and oxygen atoms in total. The van der Waals surface area contributed by atoms with Crippen LogP contribution < -0.4 is 22.1 Å². The zero-order chi connectivity index (χ0) is 19.5. The third-order valence-corrected chi connectivity index (χ3v) is 3.88. The van der Waals surface area contributed by atoms with E-state index in [9.17, 15) is 9.59 Å². The summed E-state index contributed by atoms with van der Waals surface area (Å²) in [7, 11) is 0. The molecule has 0 bridgehead atoms. The van der Waals surface area contributed by atoms with Gasteiger partial charge in [-0.1, -0.05) is 38.8 Å². The van der Waals surface area contributed by atoms with E-state index in [0.29, 0.717) is 24.0 Å². The molecule has 0 aliphatic rings. The fourth-order valence-electron chi connectivity index (χ4n) is 2.41. The van der Waals surface area contributed by atoms with Crippen LogP contribution in [0.2, 0.25) is 0 Å². The first-order chi connectivity index (χ1) is 12.3. The summed E-state index contributed by atoms with van der Waals surface area (Å²) in [6, 6.07) is 7.26.